The molecule has 1 unspecified atom stereocenters. The predicted molar refractivity (Wildman–Crippen MR) is 62.7 cm³/mol. The number of rotatable bonds is 2. The van der Waals surface area contributed by atoms with Crippen molar-refractivity contribution in [2.45, 2.75) is 32.5 Å². The van der Waals surface area contributed by atoms with Gasteiger partial charge in [0.2, 0.25) is 5.79 Å². The van der Waals surface area contributed by atoms with Crippen molar-refractivity contribution < 1.29 is 24.5 Å². The minimum absolute atomic E-state index is 0.0499. The Morgan fingerprint density at radius 3 is 2.78 bits per heavy atom. The molecule has 0 radical (unpaired) electrons. The first-order chi connectivity index (χ1) is 8.31. The van der Waals surface area contributed by atoms with Crippen LogP contribution in [0.25, 0.3) is 0 Å². The van der Waals surface area contributed by atoms with Crippen LogP contribution in [0.1, 0.15) is 35.7 Å². The molecule has 0 spiro atoms. The van der Waals surface area contributed by atoms with Crippen molar-refractivity contribution in [1.29, 1.82) is 0 Å². The van der Waals surface area contributed by atoms with Gasteiger partial charge in [0.05, 0.1) is 18.4 Å². The van der Waals surface area contributed by atoms with E-state index in [9.17, 15) is 19.8 Å². The molecular weight excluding hydrogens is 236 g/mol. The molecule has 0 fully saturated rings. The first kappa shape index (κ1) is 12.6. The highest BCUT2D eigenvalue weighted by atomic mass is 16.6. The number of benzene rings is 1. The molecule has 1 aromatic carbocycles. The van der Waals surface area contributed by atoms with Gasteiger partial charge in [0.25, 0.3) is 0 Å². The molecule has 0 bridgehead atoms. The standard InChI is InChI=1S/C13H14O5/c1-7-3-9(15)4-11-12(7)10(16)6-13(17,18-11)5-8(2)14/h3-4,15,17H,5-6H2,1-2H3. The lowest BCUT2D eigenvalue weighted by Gasteiger charge is -2.33. The number of hydrogen-bond acceptors (Lipinski definition) is 5. The Morgan fingerprint density at radius 2 is 2.17 bits per heavy atom. The molecule has 1 aromatic rings. The van der Waals surface area contributed by atoms with Crippen LogP contribution in [0.15, 0.2) is 12.1 Å². The van der Waals surface area contributed by atoms with Gasteiger partial charge in [-0.2, -0.15) is 0 Å². The third-order valence-electron chi connectivity index (χ3n) is 2.82. The van der Waals surface area contributed by atoms with Gasteiger partial charge in [-0.15, -0.1) is 0 Å². The Kier molecular flexibility index (Phi) is 2.86. The van der Waals surface area contributed by atoms with Crippen LogP contribution < -0.4 is 4.74 Å². The van der Waals surface area contributed by atoms with Crippen molar-refractivity contribution in [2.75, 3.05) is 0 Å². The molecule has 1 aliphatic rings. The minimum Gasteiger partial charge on any atom is -0.508 e. The number of carbonyl (C=O) groups excluding carboxylic acids is 2. The molecule has 2 rings (SSSR count). The molecule has 0 amide bonds. The maximum Gasteiger partial charge on any atom is 0.222 e. The van der Waals surface area contributed by atoms with E-state index >= 15 is 0 Å². The van der Waals surface area contributed by atoms with Gasteiger partial charge in [-0.05, 0) is 25.5 Å². The Bertz CT molecular complexity index is 534. The van der Waals surface area contributed by atoms with Crippen LogP contribution in [-0.4, -0.2) is 27.6 Å². The van der Waals surface area contributed by atoms with E-state index in [1.54, 1.807) is 6.92 Å². The van der Waals surface area contributed by atoms with Crippen molar-refractivity contribution in [3.63, 3.8) is 0 Å². The highest BCUT2D eigenvalue weighted by molar-refractivity contribution is 6.02. The average Bonchev–Trinajstić information content (AvgIpc) is 2.11. The molecule has 0 aliphatic carbocycles. The summed E-state index contributed by atoms with van der Waals surface area (Å²) in [5.41, 5.74) is 0.931. The zero-order chi connectivity index (χ0) is 13.5. The average molecular weight is 250 g/mol. The summed E-state index contributed by atoms with van der Waals surface area (Å²) in [5.74, 6) is -2.31. The number of ketones is 2. The summed E-state index contributed by atoms with van der Waals surface area (Å²) < 4.78 is 5.32. The van der Waals surface area contributed by atoms with E-state index in [1.807, 2.05) is 0 Å². The number of aliphatic hydroxyl groups is 1. The molecule has 0 saturated heterocycles. The third-order valence-corrected chi connectivity index (χ3v) is 2.82. The lowest BCUT2D eigenvalue weighted by molar-refractivity contribution is -0.155. The number of Topliss-reactive ketones (excluding diaryl/α,β-unsaturated/α-hetero) is 2. The number of phenols is 1. The molecule has 2 N–H and O–H groups in total. The fourth-order valence-electron chi connectivity index (χ4n) is 2.24. The Labute approximate surface area is 104 Å². The lowest BCUT2D eigenvalue weighted by atomic mass is 9.92. The highest BCUT2D eigenvalue weighted by Crippen LogP contribution is 2.37. The quantitative estimate of drug-likeness (QED) is 0.827. The molecular formula is C13H14O5. The van der Waals surface area contributed by atoms with Crippen LogP contribution in [-0.2, 0) is 4.79 Å². The van der Waals surface area contributed by atoms with Crippen molar-refractivity contribution >= 4 is 11.6 Å². The van der Waals surface area contributed by atoms with E-state index in [-0.39, 0.29) is 35.9 Å². The summed E-state index contributed by atoms with van der Waals surface area (Å²) >= 11 is 0. The zero-order valence-corrected chi connectivity index (χ0v) is 10.2. The number of ether oxygens (including phenoxy) is 1. The smallest absolute Gasteiger partial charge is 0.222 e. The van der Waals surface area contributed by atoms with Gasteiger partial charge in [0.15, 0.2) is 5.78 Å². The molecule has 0 aromatic heterocycles. The van der Waals surface area contributed by atoms with E-state index in [4.69, 9.17) is 4.74 Å². The predicted octanol–water partition coefficient (Wildman–Crippen LogP) is 1.33. The van der Waals surface area contributed by atoms with E-state index in [0.717, 1.165) is 0 Å². The SMILES string of the molecule is CC(=O)CC1(O)CC(=O)c2c(C)cc(O)cc2O1. The minimum atomic E-state index is -1.81. The first-order valence-corrected chi connectivity index (χ1v) is 5.58. The van der Waals surface area contributed by atoms with Crippen LogP contribution in [0.3, 0.4) is 0 Å². The molecule has 96 valence electrons. The van der Waals surface area contributed by atoms with Crippen LogP contribution >= 0.6 is 0 Å². The van der Waals surface area contributed by atoms with Crippen molar-refractivity contribution in [3.8, 4) is 11.5 Å². The van der Waals surface area contributed by atoms with Crippen LogP contribution in [0.5, 0.6) is 11.5 Å². The second kappa shape index (κ2) is 4.10. The molecule has 5 heteroatoms. The number of aromatic hydroxyl groups is 1. The summed E-state index contributed by atoms with van der Waals surface area (Å²) in [6.07, 6.45) is -0.516. The fraction of sp³-hybridized carbons (Fsp3) is 0.385. The summed E-state index contributed by atoms with van der Waals surface area (Å²) in [7, 11) is 0. The van der Waals surface area contributed by atoms with Gasteiger partial charge in [0, 0.05) is 6.07 Å². The first-order valence-electron chi connectivity index (χ1n) is 5.58. The van der Waals surface area contributed by atoms with Crippen molar-refractivity contribution in [3.05, 3.63) is 23.3 Å². The maximum atomic E-state index is 12.0. The Hall–Kier alpha value is -1.88. The van der Waals surface area contributed by atoms with E-state index in [1.165, 1.54) is 19.1 Å². The van der Waals surface area contributed by atoms with Crippen molar-refractivity contribution in [1.82, 2.24) is 0 Å². The van der Waals surface area contributed by atoms with E-state index in [2.05, 4.69) is 0 Å². The summed E-state index contributed by atoms with van der Waals surface area (Å²) in [4.78, 5) is 23.1. The van der Waals surface area contributed by atoms with Crippen LogP contribution in [0.4, 0.5) is 0 Å². The van der Waals surface area contributed by atoms with Gasteiger partial charge < -0.3 is 14.9 Å². The third kappa shape index (κ3) is 2.22. The van der Waals surface area contributed by atoms with Gasteiger partial charge >= 0.3 is 0 Å². The highest BCUT2D eigenvalue weighted by Gasteiger charge is 2.40. The topological polar surface area (TPSA) is 83.8 Å². The number of carbonyl (C=O) groups is 2. The van der Waals surface area contributed by atoms with Gasteiger partial charge in [0.1, 0.15) is 17.3 Å². The second-order valence-electron chi connectivity index (χ2n) is 4.66. The number of fused-ring (bicyclic) bond motifs is 1. The molecule has 1 aliphatic heterocycles. The van der Waals surface area contributed by atoms with E-state index < -0.39 is 5.79 Å². The van der Waals surface area contributed by atoms with Gasteiger partial charge in [-0.3, -0.25) is 9.59 Å². The van der Waals surface area contributed by atoms with Gasteiger partial charge in [-0.25, -0.2) is 0 Å². The summed E-state index contributed by atoms with van der Waals surface area (Å²) in [5, 5.41) is 19.6. The largest absolute Gasteiger partial charge is 0.508 e. The lowest BCUT2D eigenvalue weighted by Crippen LogP contribution is -2.43. The normalized spacial score (nSPS) is 22.3. The molecule has 5 nitrogen and oxygen atoms in total. The molecule has 1 heterocycles. The monoisotopic (exact) mass is 250 g/mol. The molecule has 1 atom stereocenters. The molecule has 18 heavy (non-hydrogen) atoms. The Morgan fingerprint density at radius 1 is 1.50 bits per heavy atom. The van der Waals surface area contributed by atoms with Crippen molar-refractivity contribution in [2.24, 2.45) is 0 Å². The molecule has 0 saturated carbocycles. The Balaban J connectivity index is 2.45. The number of phenolic OH excluding ortho intramolecular Hbond substituents is 1. The van der Waals surface area contributed by atoms with E-state index in [0.29, 0.717) is 11.1 Å². The summed E-state index contributed by atoms with van der Waals surface area (Å²) in [6.45, 7) is 2.99. The van der Waals surface area contributed by atoms with Gasteiger partial charge in [-0.1, -0.05) is 0 Å². The van der Waals surface area contributed by atoms with Crippen LogP contribution in [0, 0.1) is 6.92 Å². The number of hydrogen-bond donors (Lipinski definition) is 2. The summed E-state index contributed by atoms with van der Waals surface area (Å²) in [6, 6.07) is 2.72. The van der Waals surface area contributed by atoms with Crippen LogP contribution in [0.2, 0.25) is 0 Å². The second-order valence-corrected chi connectivity index (χ2v) is 4.66. The number of aryl methyl sites for hydroxylation is 1. The zero-order valence-electron chi connectivity index (χ0n) is 10.2. The maximum absolute atomic E-state index is 12.0. The fourth-order valence-corrected chi connectivity index (χ4v) is 2.24.